The maximum absolute atomic E-state index is 5.94. The van der Waals surface area contributed by atoms with E-state index in [-0.39, 0.29) is 0 Å². The summed E-state index contributed by atoms with van der Waals surface area (Å²) in [5.41, 5.74) is 7.98. The summed E-state index contributed by atoms with van der Waals surface area (Å²) in [5.74, 6) is 0. The van der Waals surface area contributed by atoms with E-state index in [2.05, 4.69) is 17.2 Å². The Morgan fingerprint density at radius 1 is 1.19 bits per heavy atom. The van der Waals surface area contributed by atoms with Crippen molar-refractivity contribution < 1.29 is 0 Å². The van der Waals surface area contributed by atoms with E-state index in [0.717, 1.165) is 29.9 Å². The predicted octanol–water partition coefficient (Wildman–Crippen LogP) is 3.49. The summed E-state index contributed by atoms with van der Waals surface area (Å²) in [6.07, 6.45) is 6.73. The smallest absolute Gasteiger partial charge is 0.0471 e. The maximum Gasteiger partial charge on any atom is 0.0471 e. The van der Waals surface area contributed by atoms with Crippen molar-refractivity contribution in [2.45, 2.75) is 25.7 Å². The molecular formula is C13H17ClN2. The van der Waals surface area contributed by atoms with Crippen LogP contribution in [-0.2, 0) is 6.42 Å². The summed E-state index contributed by atoms with van der Waals surface area (Å²) in [4.78, 5) is 3.26. The van der Waals surface area contributed by atoms with Crippen LogP contribution >= 0.6 is 11.6 Å². The lowest BCUT2D eigenvalue weighted by atomic mass is 10.1. The summed E-state index contributed by atoms with van der Waals surface area (Å²) < 4.78 is 0. The quantitative estimate of drug-likeness (QED) is 0.767. The fraction of sp³-hybridized carbons (Fsp3) is 0.385. The van der Waals surface area contributed by atoms with E-state index in [1.54, 1.807) is 0 Å². The van der Waals surface area contributed by atoms with Crippen LogP contribution in [0.25, 0.3) is 10.9 Å². The Bertz CT molecular complexity index is 462. The number of aromatic amines is 1. The van der Waals surface area contributed by atoms with Crippen LogP contribution in [0.1, 0.15) is 24.8 Å². The molecule has 1 aromatic carbocycles. The monoisotopic (exact) mass is 236 g/mol. The SMILES string of the molecule is NCCCCCc1c[nH]c2cc(Cl)ccc12. The Morgan fingerprint density at radius 3 is 2.88 bits per heavy atom. The Balaban J connectivity index is 2.07. The van der Waals surface area contributed by atoms with Crippen LogP contribution in [0.15, 0.2) is 24.4 Å². The molecule has 0 aliphatic heterocycles. The number of benzene rings is 1. The number of nitrogens with two attached hydrogens (primary N) is 1. The number of rotatable bonds is 5. The summed E-state index contributed by atoms with van der Waals surface area (Å²) in [7, 11) is 0. The average Bonchev–Trinajstić information content (AvgIpc) is 2.67. The molecule has 0 amide bonds. The van der Waals surface area contributed by atoms with E-state index < -0.39 is 0 Å². The molecule has 0 bridgehead atoms. The van der Waals surface area contributed by atoms with Gasteiger partial charge in [-0.05, 0) is 43.5 Å². The maximum atomic E-state index is 5.94. The highest BCUT2D eigenvalue weighted by molar-refractivity contribution is 6.31. The number of H-pyrrole nitrogens is 1. The Hall–Kier alpha value is -0.990. The molecule has 3 N–H and O–H groups in total. The van der Waals surface area contributed by atoms with Gasteiger partial charge in [0.15, 0.2) is 0 Å². The van der Waals surface area contributed by atoms with Crippen molar-refractivity contribution in [3.05, 3.63) is 35.0 Å². The lowest BCUT2D eigenvalue weighted by molar-refractivity contribution is 0.688. The van der Waals surface area contributed by atoms with Gasteiger partial charge in [0.1, 0.15) is 0 Å². The van der Waals surface area contributed by atoms with E-state index in [9.17, 15) is 0 Å². The van der Waals surface area contributed by atoms with E-state index in [1.807, 2.05) is 12.1 Å². The summed E-state index contributed by atoms with van der Waals surface area (Å²) in [6.45, 7) is 0.795. The zero-order valence-electron chi connectivity index (χ0n) is 9.30. The first-order chi connectivity index (χ1) is 7.81. The second-order valence-corrected chi connectivity index (χ2v) is 4.54. The molecule has 0 saturated heterocycles. The number of nitrogens with one attached hydrogen (secondary N) is 1. The number of fused-ring (bicyclic) bond motifs is 1. The normalized spacial score (nSPS) is 11.1. The van der Waals surface area contributed by atoms with Gasteiger partial charge in [0.25, 0.3) is 0 Å². The summed E-state index contributed by atoms with van der Waals surface area (Å²) in [5, 5.41) is 2.07. The highest BCUT2D eigenvalue weighted by atomic mass is 35.5. The first-order valence-corrected chi connectivity index (χ1v) is 6.14. The zero-order chi connectivity index (χ0) is 11.4. The number of hydrogen-bond donors (Lipinski definition) is 2. The van der Waals surface area contributed by atoms with Gasteiger partial charge < -0.3 is 10.7 Å². The highest BCUT2D eigenvalue weighted by Gasteiger charge is 2.03. The molecule has 0 atom stereocenters. The van der Waals surface area contributed by atoms with Crippen LogP contribution in [0.5, 0.6) is 0 Å². The minimum atomic E-state index is 0.782. The minimum absolute atomic E-state index is 0.782. The molecule has 86 valence electrons. The van der Waals surface area contributed by atoms with Crippen molar-refractivity contribution in [3.63, 3.8) is 0 Å². The minimum Gasteiger partial charge on any atom is -0.361 e. The van der Waals surface area contributed by atoms with Crippen molar-refractivity contribution in [2.24, 2.45) is 5.73 Å². The molecule has 0 saturated carbocycles. The lowest BCUT2D eigenvalue weighted by Gasteiger charge is -1.99. The fourth-order valence-corrected chi connectivity index (χ4v) is 2.17. The van der Waals surface area contributed by atoms with Gasteiger partial charge in [-0.15, -0.1) is 0 Å². The molecule has 0 unspecified atom stereocenters. The first-order valence-electron chi connectivity index (χ1n) is 5.77. The van der Waals surface area contributed by atoms with Crippen molar-refractivity contribution in [2.75, 3.05) is 6.54 Å². The van der Waals surface area contributed by atoms with Gasteiger partial charge in [-0.25, -0.2) is 0 Å². The van der Waals surface area contributed by atoms with Crippen molar-refractivity contribution in [1.82, 2.24) is 4.98 Å². The van der Waals surface area contributed by atoms with Crippen molar-refractivity contribution >= 4 is 22.5 Å². The average molecular weight is 237 g/mol. The molecule has 1 heterocycles. The molecular weight excluding hydrogens is 220 g/mol. The molecule has 2 nitrogen and oxygen atoms in total. The van der Waals surface area contributed by atoms with Crippen LogP contribution in [0.2, 0.25) is 5.02 Å². The first kappa shape index (κ1) is 11.5. The van der Waals surface area contributed by atoms with Crippen molar-refractivity contribution in [1.29, 1.82) is 0 Å². The molecule has 16 heavy (non-hydrogen) atoms. The molecule has 2 rings (SSSR count). The number of unbranched alkanes of at least 4 members (excludes halogenated alkanes) is 2. The Morgan fingerprint density at radius 2 is 2.06 bits per heavy atom. The second-order valence-electron chi connectivity index (χ2n) is 4.10. The van der Waals surface area contributed by atoms with Gasteiger partial charge in [0.2, 0.25) is 0 Å². The third kappa shape index (κ3) is 2.57. The molecule has 0 aliphatic rings. The van der Waals surface area contributed by atoms with Crippen molar-refractivity contribution in [3.8, 4) is 0 Å². The predicted molar refractivity (Wildman–Crippen MR) is 69.9 cm³/mol. The Labute approximate surface area is 101 Å². The number of aromatic nitrogens is 1. The number of hydrogen-bond acceptors (Lipinski definition) is 1. The molecule has 2 aromatic rings. The molecule has 0 fully saturated rings. The van der Waals surface area contributed by atoms with Crippen LogP contribution in [0.3, 0.4) is 0 Å². The molecule has 0 radical (unpaired) electrons. The van der Waals surface area contributed by atoms with E-state index in [1.165, 1.54) is 23.8 Å². The summed E-state index contributed by atoms with van der Waals surface area (Å²) >= 11 is 5.94. The standard InChI is InChI=1S/C13H17ClN2/c14-11-5-6-12-10(4-2-1-3-7-15)9-16-13(12)8-11/h5-6,8-9,16H,1-4,7,15H2. The molecule has 1 aromatic heterocycles. The number of halogens is 1. The number of aryl methyl sites for hydroxylation is 1. The fourth-order valence-electron chi connectivity index (χ4n) is 2.00. The third-order valence-corrected chi connectivity index (χ3v) is 3.11. The Kier molecular flexibility index (Phi) is 3.86. The lowest BCUT2D eigenvalue weighted by Crippen LogP contribution is -1.98. The zero-order valence-corrected chi connectivity index (χ0v) is 10.1. The van der Waals surface area contributed by atoms with E-state index >= 15 is 0 Å². The van der Waals surface area contributed by atoms with Crippen LogP contribution in [-0.4, -0.2) is 11.5 Å². The van der Waals surface area contributed by atoms with Crippen LogP contribution in [0, 0.1) is 0 Å². The van der Waals surface area contributed by atoms with Gasteiger partial charge in [-0.3, -0.25) is 0 Å². The third-order valence-electron chi connectivity index (χ3n) is 2.88. The second kappa shape index (κ2) is 5.37. The molecule has 0 aliphatic carbocycles. The molecule has 3 heteroatoms. The van der Waals surface area contributed by atoms with Gasteiger partial charge in [0, 0.05) is 22.1 Å². The van der Waals surface area contributed by atoms with Gasteiger partial charge in [0.05, 0.1) is 0 Å². The van der Waals surface area contributed by atoms with Gasteiger partial charge in [-0.2, -0.15) is 0 Å². The molecule has 0 spiro atoms. The topological polar surface area (TPSA) is 41.8 Å². The largest absolute Gasteiger partial charge is 0.361 e. The summed E-state index contributed by atoms with van der Waals surface area (Å²) in [6, 6.07) is 6.01. The van der Waals surface area contributed by atoms with E-state index in [4.69, 9.17) is 17.3 Å². The van der Waals surface area contributed by atoms with Gasteiger partial charge >= 0.3 is 0 Å². The van der Waals surface area contributed by atoms with Gasteiger partial charge in [-0.1, -0.05) is 24.1 Å². The highest BCUT2D eigenvalue weighted by Crippen LogP contribution is 2.23. The van der Waals surface area contributed by atoms with Crippen LogP contribution in [0.4, 0.5) is 0 Å². The van der Waals surface area contributed by atoms with Crippen LogP contribution < -0.4 is 5.73 Å². The van der Waals surface area contributed by atoms with E-state index in [0.29, 0.717) is 0 Å².